The summed E-state index contributed by atoms with van der Waals surface area (Å²) >= 11 is 0. The number of ether oxygens (including phenoxy) is 6. The van der Waals surface area contributed by atoms with E-state index in [1.54, 1.807) is 27.7 Å². The van der Waals surface area contributed by atoms with Gasteiger partial charge in [-0.05, 0) is 221 Å². The van der Waals surface area contributed by atoms with Gasteiger partial charge in [0, 0.05) is 24.7 Å². The lowest BCUT2D eigenvalue weighted by molar-refractivity contribution is -0.303. The van der Waals surface area contributed by atoms with Gasteiger partial charge in [0.05, 0.1) is 66.6 Å². The zero-order chi connectivity index (χ0) is 62.1. The molecule has 10 saturated carbocycles. The van der Waals surface area contributed by atoms with Gasteiger partial charge in [-0.2, -0.15) is 0 Å². The number of rotatable bonds is 8. The van der Waals surface area contributed by atoms with Crippen LogP contribution >= 0.6 is 0 Å². The molecule has 13 aliphatic rings. The number of carbonyl (C=O) groups is 2. The van der Waals surface area contributed by atoms with E-state index >= 15 is 0 Å². The smallest absolute Gasteiger partial charge is 0.303 e. The molecule has 4 spiro atoms. The molecule has 13 fully saturated rings. The maximum atomic E-state index is 12.5. The molecule has 16 nitrogen and oxygen atoms in total. The molecule has 13 rings (SSSR count). The van der Waals surface area contributed by atoms with Gasteiger partial charge >= 0.3 is 11.9 Å². The van der Waals surface area contributed by atoms with E-state index in [-0.39, 0.29) is 97.3 Å². The van der Waals surface area contributed by atoms with Crippen molar-refractivity contribution in [1.82, 2.24) is 0 Å². The van der Waals surface area contributed by atoms with Crippen molar-refractivity contribution in [3.05, 3.63) is 0 Å². The van der Waals surface area contributed by atoms with Crippen LogP contribution in [0.15, 0.2) is 0 Å². The quantitative estimate of drug-likeness (QED) is 0.0843. The van der Waals surface area contributed by atoms with Crippen LogP contribution in [0.5, 0.6) is 0 Å². The average molecular weight is 1200 g/mol. The molecule has 0 amide bonds. The van der Waals surface area contributed by atoms with Crippen molar-refractivity contribution in [2.45, 2.75) is 310 Å². The fourth-order valence-corrected chi connectivity index (χ4v) is 26.0. The second-order valence-corrected chi connectivity index (χ2v) is 34.9. The fourth-order valence-electron chi connectivity index (χ4n) is 26.0. The van der Waals surface area contributed by atoms with E-state index in [1.165, 1.54) is 33.1 Å². The van der Waals surface area contributed by atoms with Crippen molar-refractivity contribution in [3.63, 3.8) is 0 Å². The highest BCUT2D eigenvalue weighted by atomic mass is 16.7. The summed E-state index contributed by atoms with van der Waals surface area (Å²) in [5, 5.41) is 88.5. The first-order chi connectivity index (χ1) is 39.2. The Morgan fingerprint density at radius 1 is 0.529 bits per heavy atom. The van der Waals surface area contributed by atoms with Crippen molar-refractivity contribution in [3.8, 4) is 0 Å². The number of carbonyl (C=O) groups excluding carboxylic acids is 2. The van der Waals surface area contributed by atoms with Gasteiger partial charge in [0.2, 0.25) is 0 Å². The lowest BCUT2D eigenvalue weighted by Crippen LogP contribution is -2.61. The van der Waals surface area contributed by atoms with Crippen LogP contribution in [0.1, 0.15) is 214 Å². The third-order valence-corrected chi connectivity index (χ3v) is 30.0. The lowest BCUT2D eigenvalue weighted by Gasteiger charge is -2.64. The van der Waals surface area contributed by atoms with Crippen LogP contribution in [0.2, 0.25) is 0 Å². The molecule has 85 heavy (non-hydrogen) atoms. The summed E-state index contributed by atoms with van der Waals surface area (Å²) in [6.45, 7) is 32.6. The summed E-state index contributed by atoms with van der Waals surface area (Å²) in [5.41, 5.74) is -2.62. The SMILES string of the molecule is CC(=O)O[C@@H]([C@H]1C[C@@H](C)[C@H]2[C@H](O1)[C@H](O)[C@@]1(C)[C@@H]3CC[C@H]4C(C)(C)[C@@H](O)CC[C@@]45C[C@@]35CC[C@]21C)C(C)(C)O.CC(=O)O[C@@H]([C@H]1C[C@@H](C)[C@H]2[C@H](O1)[C@H](O)[C@@]1(C)[C@@H]3CC[C@H]4C(C)(C)[C@@H](O[C@@H]5OCC(O)[C@H](O)[C@H]5O)CC[C@@]45C[C@@]35CC[C@]21C)C(C)(C)O. The Bertz CT molecular complexity index is 2600. The highest BCUT2D eigenvalue weighted by Crippen LogP contribution is 2.91. The maximum absolute atomic E-state index is 12.5. The molecule has 0 bridgehead atoms. The Balaban J connectivity index is 0.000000171. The summed E-state index contributed by atoms with van der Waals surface area (Å²) in [4.78, 5) is 24.0. The molecule has 30 atom stereocenters. The van der Waals surface area contributed by atoms with E-state index in [4.69, 9.17) is 28.4 Å². The predicted molar refractivity (Wildman–Crippen MR) is 315 cm³/mol. The van der Waals surface area contributed by atoms with Gasteiger partial charge in [-0.15, -0.1) is 0 Å². The van der Waals surface area contributed by atoms with Crippen LogP contribution in [0.4, 0.5) is 0 Å². The summed E-state index contributed by atoms with van der Waals surface area (Å²) < 4.78 is 37.0. The topological polar surface area (TPSA) is 251 Å². The number of fused-ring (bicyclic) bond motifs is 8. The second kappa shape index (κ2) is 20.0. The van der Waals surface area contributed by atoms with Gasteiger partial charge in [-0.1, -0.05) is 69.2 Å². The summed E-state index contributed by atoms with van der Waals surface area (Å²) in [7, 11) is 0. The van der Waals surface area contributed by atoms with Crippen molar-refractivity contribution < 1.29 is 78.9 Å². The number of aliphatic hydroxyl groups is 8. The Hall–Kier alpha value is -1.54. The van der Waals surface area contributed by atoms with Crippen LogP contribution in [-0.4, -0.2) is 156 Å². The Labute approximate surface area is 507 Å². The average Bonchev–Trinajstić information content (AvgIpc) is 1.49. The molecule has 0 aromatic carbocycles. The van der Waals surface area contributed by atoms with Crippen LogP contribution in [0, 0.1) is 101 Å². The fraction of sp³-hybridized carbons (Fsp3) is 0.971. The van der Waals surface area contributed by atoms with Gasteiger partial charge in [-0.3, -0.25) is 9.59 Å². The molecular formula is C69H112O16. The molecule has 3 saturated heterocycles. The van der Waals surface area contributed by atoms with Crippen LogP contribution in [0.25, 0.3) is 0 Å². The van der Waals surface area contributed by atoms with Crippen molar-refractivity contribution >= 4 is 11.9 Å². The van der Waals surface area contributed by atoms with Gasteiger partial charge in [-0.25, -0.2) is 0 Å². The Morgan fingerprint density at radius 2 is 0.929 bits per heavy atom. The third kappa shape index (κ3) is 8.44. The van der Waals surface area contributed by atoms with E-state index in [1.807, 2.05) is 0 Å². The standard InChI is InChI=1S/C37H60O10.C32H52O6/c1-18-15-21(30(33(5,6)43)45-19(2)38)46-28-25(18)34(7)13-14-37-17-36(37)12-11-24(47-31-27(41)26(40)20(39)16-44-31)32(3,4)22(36)9-10-23(37)35(34,8)29(28)42;1-17-15-19(26(28(5,6)36)37-18(2)33)38-24-23(17)29(7)13-14-32-16-31(32)12-11-22(34)27(3,4)20(31)9-10-21(32)30(29,8)25(24)35/h18,20-31,39-43H,9-17H2,1-8H3;17,19-26,34-36H,9-16H2,1-8H3/t18-,20?,21-,22+,23+,24+,25+,26+,27-,28+,29+,30+,31+,34-,35-,36-,37+;17-,19-,20+,21+,22+,23+,24+,25+,26+,29-,30-,31-,32+/m11/s1. The molecule has 1 unspecified atom stereocenters. The Kier molecular flexibility index (Phi) is 15.0. The van der Waals surface area contributed by atoms with Gasteiger partial charge in [0.25, 0.3) is 0 Å². The molecule has 0 aromatic rings. The van der Waals surface area contributed by atoms with E-state index < -0.39 is 90.5 Å². The monoisotopic (exact) mass is 1200 g/mol. The number of aliphatic hydroxyl groups excluding tert-OH is 6. The minimum atomic E-state index is -1.30. The van der Waals surface area contributed by atoms with Crippen LogP contribution in [-0.2, 0) is 38.0 Å². The van der Waals surface area contributed by atoms with Gasteiger partial charge < -0.3 is 69.3 Å². The first-order valence-electron chi connectivity index (χ1n) is 33.7. The largest absolute Gasteiger partial charge is 0.457 e. The summed E-state index contributed by atoms with van der Waals surface area (Å²) in [6, 6.07) is 0. The predicted octanol–water partition coefficient (Wildman–Crippen LogP) is 8.19. The first kappa shape index (κ1) is 63.6. The van der Waals surface area contributed by atoms with E-state index in [9.17, 15) is 50.4 Å². The molecule has 3 heterocycles. The highest BCUT2D eigenvalue weighted by molar-refractivity contribution is 5.66. The van der Waals surface area contributed by atoms with Crippen molar-refractivity contribution in [2.75, 3.05) is 6.61 Å². The Morgan fingerprint density at radius 3 is 1.35 bits per heavy atom. The van der Waals surface area contributed by atoms with E-state index in [0.717, 1.165) is 70.6 Å². The molecule has 8 N–H and O–H groups in total. The molecule has 10 aliphatic carbocycles. The van der Waals surface area contributed by atoms with Gasteiger partial charge in [0.1, 0.15) is 18.3 Å². The number of hydrogen-bond donors (Lipinski definition) is 8. The zero-order valence-electron chi connectivity index (χ0n) is 54.6. The van der Waals surface area contributed by atoms with Gasteiger partial charge in [0.15, 0.2) is 18.5 Å². The molecule has 0 radical (unpaired) electrons. The summed E-state index contributed by atoms with van der Waals surface area (Å²) in [5.74, 6) is 1.81. The van der Waals surface area contributed by atoms with Crippen molar-refractivity contribution in [1.29, 1.82) is 0 Å². The lowest BCUT2D eigenvalue weighted by atomic mass is 9.41. The molecule has 3 aliphatic heterocycles. The van der Waals surface area contributed by atoms with Crippen LogP contribution < -0.4 is 0 Å². The molecule has 0 aromatic heterocycles. The number of hydrogen-bond acceptors (Lipinski definition) is 16. The van der Waals surface area contributed by atoms with E-state index in [0.29, 0.717) is 41.9 Å². The second-order valence-electron chi connectivity index (χ2n) is 34.9. The van der Waals surface area contributed by atoms with Crippen molar-refractivity contribution in [2.24, 2.45) is 101 Å². The highest BCUT2D eigenvalue weighted by Gasteiger charge is 2.87. The molecule has 484 valence electrons. The molecular weight excluding hydrogens is 1080 g/mol. The third-order valence-electron chi connectivity index (χ3n) is 30.0. The minimum Gasteiger partial charge on any atom is -0.457 e. The molecule has 16 heteroatoms. The van der Waals surface area contributed by atoms with Crippen LogP contribution in [0.3, 0.4) is 0 Å². The normalized spacial score (nSPS) is 55.4. The zero-order valence-corrected chi connectivity index (χ0v) is 54.6. The number of esters is 2. The summed E-state index contributed by atoms with van der Waals surface area (Å²) in [6.07, 6.45) is 6.90. The first-order valence-corrected chi connectivity index (χ1v) is 33.7. The van der Waals surface area contributed by atoms with E-state index in [2.05, 4.69) is 69.2 Å². The minimum absolute atomic E-state index is 0.0383. The maximum Gasteiger partial charge on any atom is 0.303 e.